The number of amides is 1. The summed E-state index contributed by atoms with van der Waals surface area (Å²) >= 11 is 0. The number of nitrogens with one attached hydrogen (secondary N) is 1. The second kappa shape index (κ2) is 5.88. The average Bonchev–Trinajstić information content (AvgIpc) is 2.96. The zero-order valence-electron chi connectivity index (χ0n) is 11.8. The highest BCUT2D eigenvalue weighted by atomic mass is 16.1. The maximum absolute atomic E-state index is 12.0. The maximum Gasteiger partial charge on any atom is 0.254 e. The highest BCUT2D eigenvalue weighted by Gasteiger charge is 2.17. The lowest BCUT2D eigenvalue weighted by Gasteiger charge is -2.22. The van der Waals surface area contributed by atoms with Crippen molar-refractivity contribution in [2.45, 2.75) is 13.8 Å². The molecular weight excluding hydrogens is 252 g/mol. The molecule has 1 aromatic heterocycles. The van der Waals surface area contributed by atoms with E-state index in [2.05, 4.69) is 10.4 Å². The van der Waals surface area contributed by atoms with Gasteiger partial charge >= 0.3 is 0 Å². The van der Waals surface area contributed by atoms with Gasteiger partial charge < -0.3 is 11.1 Å². The lowest BCUT2D eigenvalue weighted by Crippen LogP contribution is -2.38. The van der Waals surface area contributed by atoms with Crippen LogP contribution in [-0.4, -0.2) is 28.8 Å². The number of nitrogens with two attached hydrogens (primary N) is 1. The molecule has 2 rings (SSSR count). The highest BCUT2D eigenvalue weighted by molar-refractivity contribution is 5.93. The van der Waals surface area contributed by atoms with Gasteiger partial charge in [-0.15, -0.1) is 0 Å². The predicted molar refractivity (Wildman–Crippen MR) is 78.7 cm³/mol. The summed E-state index contributed by atoms with van der Waals surface area (Å²) in [5, 5.41) is 7.09. The van der Waals surface area contributed by atoms with Crippen LogP contribution in [0.1, 0.15) is 24.2 Å². The lowest BCUT2D eigenvalue weighted by molar-refractivity contribution is 0.0938. The van der Waals surface area contributed by atoms with Crippen molar-refractivity contribution in [2.24, 2.45) is 11.1 Å². The van der Waals surface area contributed by atoms with Gasteiger partial charge in [-0.05, 0) is 24.1 Å². The van der Waals surface area contributed by atoms with Gasteiger partial charge in [-0.2, -0.15) is 5.10 Å². The van der Waals surface area contributed by atoms with Crippen LogP contribution < -0.4 is 11.1 Å². The van der Waals surface area contributed by atoms with E-state index in [1.807, 2.05) is 44.2 Å². The Kier molecular flexibility index (Phi) is 4.20. The second-order valence-corrected chi connectivity index (χ2v) is 5.56. The minimum atomic E-state index is -0.131. The summed E-state index contributed by atoms with van der Waals surface area (Å²) in [6, 6.07) is 9.68. The molecule has 3 N–H and O–H groups in total. The van der Waals surface area contributed by atoms with Crippen LogP contribution in [0.4, 0.5) is 0 Å². The van der Waals surface area contributed by atoms with E-state index in [1.165, 1.54) is 0 Å². The quantitative estimate of drug-likeness (QED) is 0.868. The van der Waals surface area contributed by atoms with Gasteiger partial charge in [0.25, 0.3) is 5.91 Å². The fraction of sp³-hybridized carbons (Fsp3) is 0.333. The van der Waals surface area contributed by atoms with E-state index < -0.39 is 0 Å². The first-order valence-corrected chi connectivity index (χ1v) is 6.60. The number of benzene rings is 1. The van der Waals surface area contributed by atoms with E-state index in [4.69, 9.17) is 5.73 Å². The Morgan fingerprint density at radius 2 is 2.05 bits per heavy atom. The number of para-hydroxylation sites is 1. The summed E-state index contributed by atoms with van der Waals surface area (Å²) in [4.78, 5) is 12.0. The monoisotopic (exact) mass is 272 g/mol. The Hall–Kier alpha value is -2.14. The topological polar surface area (TPSA) is 72.9 Å². The van der Waals surface area contributed by atoms with Crippen LogP contribution >= 0.6 is 0 Å². The van der Waals surface area contributed by atoms with Crippen molar-refractivity contribution in [3.05, 3.63) is 48.3 Å². The van der Waals surface area contributed by atoms with Gasteiger partial charge in [0.1, 0.15) is 0 Å². The van der Waals surface area contributed by atoms with E-state index in [0.717, 1.165) is 5.69 Å². The van der Waals surface area contributed by atoms with Crippen LogP contribution in [-0.2, 0) is 0 Å². The second-order valence-electron chi connectivity index (χ2n) is 5.56. The van der Waals surface area contributed by atoms with Gasteiger partial charge in [0.2, 0.25) is 0 Å². The molecule has 5 heteroatoms. The van der Waals surface area contributed by atoms with Crippen molar-refractivity contribution in [1.29, 1.82) is 0 Å². The van der Waals surface area contributed by atoms with Gasteiger partial charge in [-0.3, -0.25) is 4.79 Å². The minimum absolute atomic E-state index is 0.106. The zero-order chi connectivity index (χ0) is 14.6. The summed E-state index contributed by atoms with van der Waals surface area (Å²) in [5.74, 6) is -0.131. The van der Waals surface area contributed by atoms with Crippen molar-refractivity contribution >= 4 is 5.91 Å². The van der Waals surface area contributed by atoms with Crippen molar-refractivity contribution in [2.75, 3.05) is 13.1 Å². The maximum atomic E-state index is 12.0. The van der Waals surface area contributed by atoms with Gasteiger partial charge in [-0.25, -0.2) is 4.68 Å². The van der Waals surface area contributed by atoms with Gasteiger partial charge in [0.05, 0.1) is 17.4 Å². The van der Waals surface area contributed by atoms with E-state index in [1.54, 1.807) is 17.1 Å². The van der Waals surface area contributed by atoms with Crippen molar-refractivity contribution in [1.82, 2.24) is 15.1 Å². The first kappa shape index (κ1) is 14.3. The fourth-order valence-electron chi connectivity index (χ4n) is 1.66. The largest absolute Gasteiger partial charge is 0.351 e. The third kappa shape index (κ3) is 3.45. The Morgan fingerprint density at radius 1 is 1.35 bits per heavy atom. The Morgan fingerprint density at radius 3 is 2.70 bits per heavy atom. The Labute approximate surface area is 118 Å². The molecule has 5 nitrogen and oxygen atoms in total. The van der Waals surface area contributed by atoms with Crippen molar-refractivity contribution in [3.63, 3.8) is 0 Å². The summed E-state index contributed by atoms with van der Waals surface area (Å²) in [5.41, 5.74) is 7.01. The molecule has 0 saturated heterocycles. The number of hydrogen-bond acceptors (Lipinski definition) is 3. The number of rotatable bonds is 5. The van der Waals surface area contributed by atoms with E-state index in [0.29, 0.717) is 18.7 Å². The van der Waals surface area contributed by atoms with Crippen LogP contribution in [0.2, 0.25) is 0 Å². The SMILES string of the molecule is CC(C)(CN)CNC(=O)c1cnn(-c2ccccc2)c1. The van der Waals surface area contributed by atoms with Gasteiger partial charge in [0.15, 0.2) is 0 Å². The molecule has 0 atom stereocenters. The zero-order valence-corrected chi connectivity index (χ0v) is 11.8. The molecule has 0 aliphatic rings. The van der Waals surface area contributed by atoms with Gasteiger partial charge in [-0.1, -0.05) is 32.0 Å². The third-order valence-corrected chi connectivity index (χ3v) is 3.15. The molecule has 0 unspecified atom stereocenters. The first-order valence-electron chi connectivity index (χ1n) is 6.60. The molecule has 0 bridgehead atoms. The number of nitrogens with zero attached hydrogens (tertiary/aromatic N) is 2. The molecule has 2 aromatic rings. The lowest BCUT2D eigenvalue weighted by atomic mass is 9.94. The predicted octanol–water partition coefficient (Wildman–Crippen LogP) is 1.59. The fourth-order valence-corrected chi connectivity index (χ4v) is 1.66. The minimum Gasteiger partial charge on any atom is -0.351 e. The van der Waals surface area contributed by atoms with Crippen molar-refractivity contribution in [3.8, 4) is 5.69 Å². The van der Waals surface area contributed by atoms with E-state index >= 15 is 0 Å². The molecule has 0 fully saturated rings. The smallest absolute Gasteiger partial charge is 0.254 e. The molecule has 20 heavy (non-hydrogen) atoms. The first-order chi connectivity index (χ1) is 9.52. The van der Waals surface area contributed by atoms with Crippen LogP contribution in [0.25, 0.3) is 5.69 Å². The number of aromatic nitrogens is 2. The van der Waals surface area contributed by atoms with Crippen molar-refractivity contribution < 1.29 is 4.79 Å². The number of carbonyl (C=O) groups excluding carboxylic acids is 1. The number of hydrogen-bond donors (Lipinski definition) is 2. The van der Waals surface area contributed by atoms with Crippen LogP contribution in [0.15, 0.2) is 42.7 Å². The molecule has 1 amide bonds. The number of carbonyl (C=O) groups is 1. The molecule has 1 heterocycles. The summed E-state index contributed by atoms with van der Waals surface area (Å²) in [6.45, 7) is 5.09. The van der Waals surface area contributed by atoms with E-state index in [-0.39, 0.29) is 11.3 Å². The molecule has 106 valence electrons. The van der Waals surface area contributed by atoms with E-state index in [9.17, 15) is 4.79 Å². The molecule has 0 radical (unpaired) electrons. The third-order valence-electron chi connectivity index (χ3n) is 3.15. The Balaban J connectivity index is 2.04. The normalized spacial score (nSPS) is 11.3. The standard InChI is InChI=1S/C15H20N4O/c1-15(2,10-16)11-17-14(20)12-8-18-19(9-12)13-6-4-3-5-7-13/h3-9H,10-11,16H2,1-2H3,(H,17,20). The summed E-state index contributed by atoms with van der Waals surface area (Å²) < 4.78 is 1.68. The molecule has 0 spiro atoms. The van der Waals surface area contributed by atoms with Crippen LogP contribution in [0, 0.1) is 5.41 Å². The molecule has 0 aliphatic heterocycles. The van der Waals surface area contributed by atoms with Crippen LogP contribution in [0.5, 0.6) is 0 Å². The highest BCUT2D eigenvalue weighted by Crippen LogP contribution is 2.11. The molecular formula is C15H20N4O. The van der Waals surface area contributed by atoms with Gasteiger partial charge in [0, 0.05) is 12.7 Å². The average molecular weight is 272 g/mol. The Bertz CT molecular complexity index is 575. The molecule has 0 aliphatic carbocycles. The summed E-state index contributed by atoms with van der Waals surface area (Å²) in [6.07, 6.45) is 3.29. The van der Waals surface area contributed by atoms with Crippen LogP contribution in [0.3, 0.4) is 0 Å². The summed E-state index contributed by atoms with van der Waals surface area (Å²) in [7, 11) is 0. The molecule has 0 saturated carbocycles. The molecule has 1 aromatic carbocycles.